The van der Waals surface area contributed by atoms with E-state index >= 15 is 0 Å². The number of hydrogen-bond acceptors (Lipinski definition) is 5. The molecule has 1 heterocycles. The largest absolute Gasteiger partial charge is 0.389 e. The van der Waals surface area contributed by atoms with E-state index in [-0.39, 0.29) is 0 Å². The van der Waals surface area contributed by atoms with Crippen LogP contribution in [0.4, 0.5) is 0 Å². The highest BCUT2D eigenvalue weighted by Crippen LogP contribution is 2.31. The zero-order valence-electron chi connectivity index (χ0n) is 9.33. The highest BCUT2D eigenvalue weighted by atomic mass is 79.9. The van der Waals surface area contributed by atoms with Gasteiger partial charge in [0.2, 0.25) is 5.16 Å². The quantitative estimate of drug-likeness (QED) is 0.940. The highest BCUT2D eigenvalue weighted by Gasteiger charge is 2.09. The van der Waals surface area contributed by atoms with Gasteiger partial charge in [0.05, 0.1) is 6.10 Å². The molecule has 7 heteroatoms. The van der Waals surface area contributed by atoms with Gasteiger partial charge in [0, 0.05) is 16.4 Å². The minimum atomic E-state index is -0.486. The summed E-state index contributed by atoms with van der Waals surface area (Å²) in [5.41, 5.74) is 0.866. The van der Waals surface area contributed by atoms with Crippen LogP contribution in [0.25, 0.3) is 0 Å². The summed E-state index contributed by atoms with van der Waals surface area (Å²) in [5, 5.41) is 21.5. The van der Waals surface area contributed by atoms with Gasteiger partial charge in [-0.05, 0) is 46.8 Å². The van der Waals surface area contributed by atoms with E-state index in [1.165, 1.54) is 11.8 Å². The molecule has 0 spiro atoms. The van der Waals surface area contributed by atoms with Crippen molar-refractivity contribution >= 4 is 27.7 Å². The minimum absolute atomic E-state index is 0.486. The fraction of sp³-hybridized carbons (Fsp3) is 0.300. The lowest BCUT2D eigenvalue weighted by Crippen LogP contribution is -1.94. The van der Waals surface area contributed by atoms with E-state index in [1.807, 2.05) is 18.2 Å². The van der Waals surface area contributed by atoms with Crippen LogP contribution in [0.1, 0.15) is 18.6 Å². The first-order chi connectivity index (χ1) is 8.08. The van der Waals surface area contributed by atoms with Gasteiger partial charge in [-0.25, -0.2) is 4.68 Å². The number of nitrogens with zero attached hydrogens (tertiary/aromatic N) is 4. The van der Waals surface area contributed by atoms with E-state index in [9.17, 15) is 5.11 Å². The van der Waals surface area contributed by atoms with Crippen molar-refractivity contribution < 1.29 is 5.11 Å². The van der Waals surface area contributed by atoms with Crippen LogP contribution in [0, 0.1) is 0 Å². The molecule has 1 aromatic heterocycles. The van der Waals surface area contributed by atoms with Crippen molar-refractivity contribution in [3.8, 4) is 0 Å². The molecule has 2 aromatic rings. The van der Waals surface area contributed by atoms with Crippen LogP contribution >= 0.6 is 27.7 Å². The van der Waals surface area contributed by atoms with Crippen molar-refractivity contribution in [2.45, 2.75) is 23.1 Å². The van der Waals surface area contributed by atoms with Gasteiger partial charge in [0.25, 0.3) is 0 Å². The molecule has 0 aliphatic carbocycles. The van der Waals surface area contributed by atoms with Crippen molar-refractivity contribution in [2.24, 2.45) is 7.05 Å². The van der Waals surface area contributed by atoms with E-state index in [0.29, 0.717) is 0 Å². The number of hydrogen-bond donors (Lipinski definition) is 1. The van der Waals surface area contributed by atoms with Crippen molar-refractivity contribution in [1.82, 2.24) is 20.2 Å². The van der Waals surface area contributed by atoms with E-state index in [0.717, 1.165) is 20.1 Å². The molecule has 0 aliphatic heterocycles. The third-order valence-corrected chi connectivity index (χ3v) is 3.92. The lowest BCUT2D eigenvalue weighted by molar-refractivity contribution is 0.198. The lowest BCUT2D eigenvalue weighted by Gasteiger charge is -2.08. The molecular weight excluding hydrogens is 304 g/mol. The van der Waals surface area contributed by atoms with Gasteiger partial charge in [0.1, 0.15) is 0 Å². The van der Waals surface area contributed by atoms with Crippen molar-refractivity contribution in [3.63, 3.8) is 0 Å². The first-order valence-corrected chi connectivity index (χ1v) is 6.56. The lowest BCUT2D eigenvalue weighted by atomic mass is 10.1. The fourth-order valence-corrected chi connectivity index (χ4v) is 2.95. The number of aliphatic hydroxyl groups excluding tert-OH is 1. The number of aryl methyl sites for hydroxylation is 1. The molecule has 0 fully saturated rings. The topological polar surface area (TPSA) is 63.8 Å². The van der Waals surface area contributed by atoms with Gasteiger partial charge in [-0.3, -0.25) is 0 Å². The summed E-state index contributed by atoms with van der Waals surface area (Å²) < 4.78 is 2.49. The highest BCUT2D eigenvalue weighted by molar-refractivity contribution is 9.10. The first-order valence-electron chi connectivity index (χ1n) is 4.95. The van der Waals surface area contributed by atoms with E-state index in [4.69, 9.17) is 0 Å². The Morgan fingerprint density at radius 3 is 2.76 bits per heavy atom. The Bertz CT molecular complexity index is 529. The molecule has 0 amide bonds. The van der Waals surface area contributed by atoms with Gasteiger partial charge in [-0.15, -0.1) is 5.10 Å². The average molecular weight is 315 g/mol. The second-order valence-corrected chi connectivity index (χ2v) is 5.44. The van der Waals surface area contributed by atoms with Crippen LogP contribution in [-0.2, 0) is 7.05 Å². The van der Waals surface area contributed by atoms with Gasteiger partial charge < -0.3 is 5.11 Å². The van der Waals surface area contributed by atoms with Gasteiger partial charge in [-0.1, -0.05) is 22.0 Å². The summed E-state index contributed by atoms with van der Waals surface area (Å²) in [4.78, 5) is 1.01. The molecule has 17 heavy (non-hydrogen) atoms. The fourth-order valence-electron chi connectivity index (χ4n) is 1.32. The van der Waals surface area contributed by atoms with Crippen molar-refractivity contribution in [2.75, 3.05) is 0 Å². The number of aromatic nitrogens is 4. The molecule has 0 saturated heterocycles. The maximum absolute atomic E-state index is 9.52. The Balaban J connectivity index is 2.24. The third-order valence-electron chi connectivity index (χ3n) is 2.21. The minimum Gasteiger partial charge on any atom is -0.389 e. The summed E-state index contributed by atoms with van der Waals surface area (Å²) in [5.74, 6) is 0. The maximum atomic E-state index is 9.52. The number of benzene rings is 1. The summed E-state index contributed by atoms with van der Waals surface area (Å²) in [6, 6.07) is 5.77. The zero-order valence-corrected chi connectivity index (χ0v) is 11.7. The Morgan fingerprint density at radius 1 is 1.47 bits per heavy atom. The van der Waals surface area contributed by atoms with Crippen LogP contribution in [0.3, 0.4) is 0 Å². The molecule has 1 N–H and O–H groups in total. The second kappa shape index (κ2) is 5.16. The summed E-state index contributed by atoms with van der Waals surface area (Å²) >= 11 is 4.91. The van der Waals surface area contributed by atoms with Crippen LogP contribution < -0.4 is 0 Å². The predicted octanol–water partition coefficient (Wildman–Crippen LogP) is 2.18. The molecule has 0 radical (unpaired) electrons. The molecule has 5 nitrogen and oxygen atoms in total. The number of aliphatic hydroxyl groups is 1. The third kappa shape index (κ3) is 2.85. The van der Waals surface area contributed by atoms with Gasteiger partial charge >= 0.3 is 0 Å². The molecule has 0 unspecified atom stereocenters. The standard InChI is InChI=1S/C10H11BrN4OS/c1-6(16)8-4-3-7(5-9(8)11)17-10-12-13-14-15(10)2/h3-6,16H,1-2H3/t6-/m0/s1. The molecule has 0 saturated carbocycles. The average Bonchev–Trinajstić information content (AvgIpc) is 2.64. The predicted molar refractivity (Wildman–Crippen MR) is 67.7 cm³/mol. The van der Waals surface area contributed by atoms with E-state index in [1.54, 1.807) is 18.7 Å². The normalized spacial score (nSPS) is 12.7. The monoisotopic (exact) mass is 314 g/mol. The molecule has 1 aromatic carbocycles. The van der Waals surface area contributed by atoms with Crippen LogP contribution in [0.2, 0.25) is 0 Å². The Labute approximate surface area is 111 Å². The Kier molecular flexibility index (Phi) is 3.80. The first kappa shape index (κ1) is 12.5. The van der Waals surface area contributed by atoms with Gasteiger partial charge in [0.15, 0.2) is 0 Å². The molecule has 1 atom stereocenters. The summed E-state index contributed by atoms with van der Waals surface area (Å²) in [6.45, 7) is 1.74. The van der Waals surface area contributed by atoms with Crippen LogP contribution in [-0.4, -0.2) is 25.3 Å². The van der Waals surface area contributed by atoms with E-state index in [2.05, 4.69) is 31.5 Å². The number of rotatable bonds is 3. The van der Waals surface area contributed by atoms with Crippen LogP contribution in [0.15, 0.2) is 32.7 Å². The molecule has 0 aliphatic rings. The maximum Gasteiger partial charge on any atom is 0.213 e. The molecule has 90 valence electrons. The second-order valence-electron chi connectivity index (χ2n) is 3.55. The van der Waals surface area contributed by atoms with E-state index < -0.39 is 6.10 Å². The molecule has 0 bridgehead atoms. The van der Waals surface area contributed by atoms with Crippen LogP contribution in [0.5, 0.6) is 0 Å². The smallest absolute Gasteiger partial charge is 0.213 e. The van der Waals surface area contributed by atoms with Crippen molar-refractivity contribution in [1.29, 1.82) is 0 Å². The molecular formula is C10H11BrN4OS. The number of tetrazole rings is 1. The zero-order chi connectivity index (χ0) is 12.4. The summed E-state index contributed by atoms with van der Waals surface area (Å²) in [7, 11) is 1.79. The summed E-state index contributed by atoms with van der Waals surface area (Å²) in [6.07, 6.45) is -0.486. The number of halogens is 1. The van der Waals surface area contributed by atoms with Crippen molar-refractivity contribution in [3.05, 3.63) is 28.2 Å². The molecule has 2 rings (SSSR count). The Morgan fingerprint density at radius 2 is 2.24 bits per heavy atom. The van der Waals surface area contributed by atoms with Gasteiger partial charge in [-0.2, -0.15) is 0 Å². The Hall–Kier alpha value is -0.920. The SMILES string of the molecule is C[C@H](O)c1ccc(Sc2nnnn2C)cc1Br.